The van der Waals surface area contributed by atoms with Crippen molar-refractivity contribution in [3.63, 3.8) is 0 Å². The Balaban J connectivity index is 1.96. The first-order valence-electron chi connectivity index (χ1n) is 5.45. The van der Waals surface area contributed by atoms with Gasteiger partial charge in [-0.25, -0.2) is 4.39 Å². The highest BCUT2D eigenvalue weighted by molar-refractivity contribution is 9.09. The third kappa shape index (κ3) is 3.42. The lowest BCUT2D eigenvalue weighted by molar-refractivity contribution is 0.0949. The number of nitrogens with one attached hydrogen (secondary N) is 1. The van der Waals surface area contributed by atoms with Crippen molar-refractivity contribution in [3.05, 3.63) is 34.6 Å². The number of hydrogen-bond acceptors (Lipinski definition) is 1. The zero-order valence-electron chi connectivity index (χ0n) is 9.05. The maximum atomic E-state index is 13.4. The van der Waals surface area contributed by atoms with Crippen LogP contribution in [0.25, 0.3) is 0 Å². The Morgan fingerprint density at radius 3 is 2.94 bits per heavy atom. The minimum atomic E-state index is -0.551. The molecule has 2 nitrogen and oxygen atoms in total. The summed E-state index contributed by atoms with van der Waals surface area (Å²) in [5.74, 6) is -0.334. The quantitative estimate of drug-likeness (QED) is 0.847. The SMILES string of the molecule is O=C(NCC(Br)C1CC1)c1cc(Cl)ccc1F. The predicted molar refractivity (Wildman–Crippen MR) is 69.2 cm³/mol. The van der Waals surface area contributed by atoms with E-state index in [-0.39, 0.29) is 10.4 Å². The number of benzene rings is 1. The number of amides is 1. The first kappa shape index (κ1) is 12.8. The van der Waals surface area contributed by atoms with E-state index in [0.29, 0.717) is 17.5 Å². The Morgan fingerprint density at radius 1 is 1.59 bits per heavy atom. The van der Waals surface area contributed by atoms with Crippen molar-refractivity contribution in [3.8, 4) is 0 Å². The average Bonchev–Trinajstić information content (AvgIpc) is 3.12. The topological polar surface area (TPSA) is 29.1 Å². The van der Waals surface area contributed by atoms with E-state index in [1.54, 1.807) is 0 Å². The van der Waals surface area contributed by atoms with Gasteiger partial charge in [0.25, 0.3) is 5.91 Å². The second-order valence-electron chi connectivity index (χ2n) is 4.19. The minimum Gasteiger partial charge on any atom is -0.351 e. The molecule has 1 amide bonds. The molecule has 0 saturated heterocycles. The molecule has 2 rings (SSSR count). The summed E-state index contributed by atoms with van der Waals surface area (Å²) in [6, 6.07) is 3.96. The molecular formula is C12H12BrClFNO. The van der Waals surface area contributed by atoms with Gasteiger partial charge in [0.05, 0.1) is 5.56 Å². The van der Waals surface area contributed by atoms with Gasteiger partial charge in [0.1, 0.15) is 5.82 Å². The molecule has 1 aliphatic carbocycles. The van der Waals surface area contributed by atoms with Crippen LogP contribution >= 0.6 is 27.5 Å². The van der Waals surface area contributed by atoms with E-state index in [2.05, 4.69) is 21.2 Å². The third-order valence-electron chi connectivity index (χ3n) is 2.76. The molecule has 1 aromatic carbocycles. The van der Waals surface area contributed by atoms with E-state index < -0.39 is 11.7 Å². The fraction of sp³-hybridized carbons (Fsp3) is 0.417. The molecule has 1 fully saturated rings. The summed E-state index contributed by atoms with van der Waals surface area (Å²) in [7, 11) is 0. The van der Waals surface area contributed by atoms with Gasteiger partial charge in [-0.3, -0.25) is 4.79 Å². The normalized spacial score (nSPS) is 16.6. The maximum Gasteiger partial charge on any atom is 0.254 e. The van der Waals surface area contributed by atoms with E-state index in [4.69, 9.17) is 11.6 Å². The summed E-state index contributed by atoms with van der Waals surface area (Å²) < 4.78 is 13.4. The largest absolute Gasteiger partial charge is 0.351 e. The van der Waals surface area contributed by atoms with Gasteiger partial charge in [-0.1, -0.05) is 27.5 Å². The molecule has 0 heterocycles. The molecule has 0 spiro atoms. The predicted octanol–water partition coefficient (Wildman–Crippen LogP) is 3.38. The summed E-state index contributed by atoms with van der Waals surface area (Å²) in [6.45, 7) is 0.509. The van der Waals surface area contributed by atoms with Crippen LogP contribution in [0.2, 0.25) is 5.02 Å². The van der Waals surface area contributed by atoms with Crippen LogP contribution in [-0.4, -0.2) is 17.3 Å². The lowest BCUT2D eigenvalue weighted by atomic mass is 10.2. The molecule has 0 bridgehead atoms. The highest BCUT2D eigenvalue weighted by Gasteiger charge is 2.29. The molecule has 1 saturated carbocycles. The molecule has 92 valence electrons. The Bertz CT molecular complexity index is 437. The van der Waals surface area contributed by atoms with Crippen LogP contribution in [0.15, 0.2) is 18.2 Å². The third-order valence-corrected chi connectivity index (χ3v) is 4.07. The van der Waals surface area contributed by atoms with Crippen LogP contribution in [0.1, 0.15) is 23.2 Å². The standard InChI is InChI=1S/C12H12BrClFNO/c13-10(7-1-2-7)6-16-12(17)9-5-8(14)3-4-11(9)15/h3-5,7,10H,1-2,6H2,(H,16,17). The van der Waals surface area contributed by atoms with Crippen molar-refractivity contribution in [1.82, 2.24) is 5.32 Å². The Morgan fingerprint density at radius 2 is 2.29 bits per heavy atom. The van der Waals surface area contributed by atoms with Crippen LogP contribution in [0.5, 0.6) is 0 Å². The Hall–Kier alpha value is -0.610. The lowest BCUT2D eigenvalue weighted by Gasteiger charge is -2.10. The zero-order valence-corrected chi connectivity index (χ0v) is 11.4. The van der Waals surface area contributed by atoms with Crippen molar-refractivity contribution in [2.75, 3.05) is 6.54 Å². The van der Waals surface area contributed by atoms with Crippen molar-refractivity contribution in [1.29, 1.82) is 0 Å². The molecule has 0 aliphatic heterocycles. The summed E-state index contributed by atoms with van der Waals surface area (Å²) in [6.07, 6.45) is 2.38. The highest BCUT2D eigenvalue weighted by atomic mass is 79.9. The molecule has 0 radical (unpaired) electrons. The van der Waals surface area contributed by atoms with E-state index in [9.17, 15) is 9.18 Å². The van der Waals surface area contributed by atoms with Crippen molar-refractivity contribution in [2.45, 2.75) is 17.7 Å². The molecule has 1 atom stereocenters. The van der Waals surface area contributed by atoms with Gasteiger partial charge in [-0.15, -0.1) is 0 Å². The van der Waals surface area contributed by atoms with Gasteiger partial charge in [0, 0.05) is 16.4 Å². The molecule has 1 N–H and O–H groups in total. The van der Waals surface area contributed by atoms with Crippen molar-refractivity contribution in [2.24, 2.45) is 5.92 Å². The summed E-state index contributed by atoms with van der Waals surface area (Å²) in [5, 5.41) is 3.06. The first-order valence-corrected chi connectivity index (χ1v) is 6.74. The van der Waals surface area contributed by atoms with E-state index in [0.717, 1.165) is 0 Å². The van der Waals surface area contributed by atoms with Crippen LogP contribution in [0.3, 0.4) is 0 Å². The van der Waals surface area contributed by atoms with Crippen LogP contribution in [0.4, 0.5) is 4.39 Å². The van der Waals surface area contributed by atoms with Gasteiger partial charge < -0.3 is 5.32 Å². The van der Waals surface area contributed by atoms with E-state index in [1.165, 1.54) is 31.0 Å². The molecular weight excluding hydrogens is 308 g/mol. The molecule has 1 aliphatic rings. The number of carbonyl (C=O) groups excluding carboxylic acids is 1. The maximum absolute atomic E-state index is 13.4. The van der Waals surface area contributed by atoms with Crippen LogP contribution in [0, 0.1) is 11.7 Å². The number of carbonyl (C=O) groups is 1. The van der Waals surface area contributed by atoms with Gasteiger partial charge in [0.15, 0.2) is 0 Å². The van der Waals surface area contributed by atoms with Crippen molar-refractivity contribution >= 4 is 33.4 Å². The van der Waals surface area contributed by atoms with Crippen LogP contribution in [-0.2, 0) is 0 Å². The second-order valence-corrected chi connectivity index (χ2v) is 5.80. The minimum absolute atomic E-state index is 0.00648. The van der Waals surface area contributed by atoms with E-state index >= 15 is 0 Å². The molecule has 0 aromatic heterocycles. The fourth-order valence-corrected chi connectivity index (χ4v) is 2.44. The van der Waals surface area contributed by atoms with Crippen molar-refractivity contribution < 1.29 is 9.18 Å². The summed E-state index contributed by atoms with van der Waals surface area (Å²) in [4.78, 5) is 12.0. The number of alkyl halides is 1. The van der Waals surface area contributed by atoms with E-state index in [1.807, 2.05) is 0 Å². The second kappa shape index (κ2) is 5.36. The van der Waals surface area contributed by atoms with Gasteiger partial charge >= 0.3 is 0 Å². The van der Waals surface area contributed by atoms with Gasteiger partial charge in [-0.2, -0.15) is 0 Å². The number of rotatable bonds is 4. The van der Waals surface area contributed by atoms with Gasteiger partial charge in [0.2, 0.25) is 0 Å². The number of hydrogen-bond donors (Lipinski definition) is 1. The molecule has 1 unspecified atom stereocenters. The highest BCUT2D eigenvalue weighted by Crippen LogP contribution is 2.36. The Kier molecular flexibility index (Phi) is 4.05. The van der Waals surface area contributed by atoms with Gasteiger partial charge in [-0.05, 0) is 37.0 Å². The lowest BCUT2D eigenvalue weighted by Crippen LogP contribution is -2.31. The average molecular weight is 321 g/mol. The zero-order chi connectivity index (χ0) is 12.4. The smallest absolute Gasteiger partial charge is 0.254 e. The van der Waals surface area contributed by atoms with Crippen LogP contribution < -0.4 is 5.32 Å². The first-order chi connectivity index (χ1) is 8.08. The molecule has 17 heavy (non-hydrogen) atoms. The molecule has 1 aromatic rings. The molecule has 5 heteroatoms. The number of halogens is 3. The fourth-order valence-electron chi connectivity index (χ4n) is 1.58. The summed E-state index contributed by atoms with van der Waals surface area (Å²) >= 11 is 9.23. The Labute approximate surface area is 113 Å². The summed E-state index contributed by atoms with van der Waals surface area (Å²) in [5.41, 5.74) is -0.00648. The monoisotopic (exact) mass is 319 g/mol.